The molecule has 3 rings (SSSR count). The zero-order valence-corrected chi connectivity index (χ0v) is 23.7. The molecule has 0 aromatic heterocycles. The van der Waals surface area contributed by atoms with Gasteiger partial charge in [0.15, 0.2) is 5.92 Å². The monoisotopic (exact) mass is 506 g/mol. The van der Waals surface area contributed by atoms with Crippen LogP contribution in [0.2, 0.25) is 0 Å². The number of carbonyl (C=O) groups is 3. The Morgan fingerprint density at radius 1 is 1.06 bits per heavy atom. The maximum atomic E-state index is 13.9. The molecule has 0 spiro atoms. The summed E-state index contributed by atoms with van der Waals surface area (Å²) < 4.78 is 9.82. The second kappa shape index (κ2) is 11.5. The normalized spacial score (nSPS) is 37.7. The smallest absolute Gasteiger partial charge is 0.320 e. The molecule has 0 bridgehead atoms. The average Bonchev–Trinajstić information content (AvgIpc) is 3.23. The molecule has 0 radical (unpaired) electrons. The van der Waals surface area contributed by atoms with Gasteiger partial charge in [-0.15, -0.1) is 0 Å². The molecule has 6 heteroatoms. The molecular weight excluding hydrogens is 456 g/mol. The molecule has 0 aromatic rings. The summed E-state index contributed by atoms with van der Waals surface area (Å²) in [5.41, 5.74) is 0.105. The largest absolute Gasteiger partial charge is 0.468 e. The van der Waals surface area contributed by atoms with Crippen LogP contribution in [0.1, 0.15) is 98.8 Å². The number of ketones is 1. The van der Waals surface area contributed by atoms with E-state index in [0.29, 0.717) is 30.0 Å². The van der Waals surface area contributed by atoms with Gasteiger partial charge in [-0.2, -0.15) is 0 Å². The minimum atomic E-state index is -0.900. The van der Waals surface area contributed by atoms with Gasteiger partial charge in [-0.3, -0.25) is 14.4 Å². The number of rotatable bonds is 10. The highest BCUT2D eigenvalue weighted by atomic mass is 16.5. The number of methoxy groups -OCH3 is 2. The van der Waals surface area contributed by atoms with Crippen LogP contribution < -0.4 is 0 Å². The molecule has 5 unspecified atom stereocenters. The molecule has 3 saturated carbocycles. The summed E-state index contributed by atoms with van der Waals surface area (Å²) >= 11 is 0. The van der Waals surface area contributed by atoms with Crippen molar-refractivity contribution in [3.05, 3.63) is 0 Å². The Morgan fingerprint density at radius 3 is 2.25 bits per heavy atom. The first-order valence-electron chi connectivity index (χ1n) is 14.3. The minimum absolute atomic E-state index is 0.0203. The van der Waals surface area contributed by atoms with Crippen molar-refractivity contribution in [3.8, 4) is 0 Å². The molecule has 206 valence electrons. The quantitative estimate of drug-likeness (QED) is 0.307. The van der Waals surface area contributed by atoms with Gasteiger partial charge in [0, 0.05) is 11.8 Å². The highest BCUT2D eigenvalue weighted by molar-refractivity contribution is 5.94. The maximum Gasteiger partial charge on any atom is 0.320 e. The van der Waals surface area contributed by atoms with E-state index >= 15 is 0 Å². The van der Waals surface area contributed by atoms with Crippen LogP contribution in [0.25, 0.3) is 0 Å². The first kappa shape index (κ1) is 29.1. The van der Waals surface area contributed by atoms with Gasteiger partial charge in [0.05, 0.1) is 20.3 Å². The Hall–Kier alpha value is -1.43. The number of ether oxygens (including phenoxy) is 2. The Balaban J connectivity index is 1.85. The van der Waals surface area contributed by atoms with Crippen LogP contribution in [0.3, 0.4) is 0 Å². The van der Waals surface area contributed by atoms with Gasteiger partial charge in [0.2, 0.25) is 0 Å². The summed E-state index contributed by atoms with van der Waals surface area (Å²) in [6, 6.07) is 0. The topological polar surface area (TPSA) is 89.9 Å². The van der Waals surface area contributed by atoms with E-state index in [9.17, 15) is 19.5 Å². The number of hydrogen-bond donors (Lipinski definition) is 1. The molecule has 3 fully saturated rings. The summed E-state index contributed by atoms with van der Waals surface area (Å²) in [5, 5.41) is 10.3. The lowest BCUT2D eigenvalue weighted by Gasteiger charge is -2.58. The molecule has 0 saturated heterocycles. The van der Waals surface area contributed by atoms with Crippen molar-refractivity contribution in [1.29, 1.82) is 0 Å². The predicted molar refractivity (Wildman–Crippen MR) is 139 cm³/mol. The zero-order valence-electron chi connectivity index (χ0n) is 23.7. The number of fused-ring (bicyclic) bond motifs is 3. The fraction of sp³-hybridized carbons (Fsp3) is 0.900. The molecule has 0 heterocycles. The Bertz CT molecular complexity index is 793. The standard InChI is InChI=1S/C30H50O6/c1-8-19-17-29(4,14-12-20(31)9-2)23-13-15-30(5)22(10-11-24(30)25(23)26(19)32)18(3)16-21(27(33)35-6)28(34)36-7/h18-25,31H,8-17H2,1-7H3/t18-,19+,20?,22?,23?,24?,25?,29+,30-/m1/s1. The fourth-order valence-electron chi connectivity index (χ4n) is 8.82. The van der Waals surface area contributed by atoms with Crippen LogP contribution in [0.4, 0.5) is 0 Å². The summed E-state index contributed by atoms with van der Waals surface area (Å²) in [4.78, 5) is 38.6. The van der Waals surface area contributed by atoms with Crippen molar-refractivity contribution in [1.82, 2.24) is 0 Å². The Labute approximate surface area is 218 Å². The van der Waals surface area contributed by atoms with Crippen molar-refractivity contribution in [2.75, 3.05) is 14.2 Å². The van der Waals surface area contributed by atoms with Gasteiger partial charge < -0.3 is 14.6 Å². The summed E-state index contributed by atoms with van der Waals surface area (Å²) in [6.07, 6.45) is 8.73. The molecule has 3 aliphatic rings. The van der Waals surface area contributed by atoms with Gasteiger partial charge >= 0.3 is 11.9 Å². The average molecular weight is 507 g/mol. The molecule has 9 atom stereocenters. The first-order valence-corrected chi connectivity index (χ1v) is 14.3. The van der Waals surface area contributed by atoms with Crippen LogP contribution in [-0.2, 0) is 23.9 Å². The third kappa shape index (κ3) is 5.26. The molecule has 6 nitrogen and oxygen atoms in total. The zero-order chi connectivity index (χ0) is 26.8. The van der Waals surface area contributed by atoms with Crippen LogP contribution in [0.15, 0.2) is 0 Å². The van der Waals surface area contributed by atoms with E-state index in [2.05, 4.69) is 27.7 Å². The Kier molecular flexibility index (Phi) is 9.33. The van der Waals surface area contributed by atoms with E-state index in [0.717, 1.165) is 57.8 Å². The summed E-state index contributed by atoms with van der Waals surface area (Å²) in [6.45, 7) is 11.1. The summed E-state index contributed by atoms with van der Waals surface area (Å²) in [5.74, 6) is -0.0827. The number of carbonyl (C=O) groups excluding carboxylic acids is 3. The number of Topliss-reactive ketones (excluding diaryl/α,β-unsaturated/α-hetero) is 1. The van der Waals surface area contributed by atoms with E-state index in [1.165, 1.54) is 14.2 Å². The summed E-state index contributed by atoms with van der Waals surface area (Å²) in [7, 11) is 2.62. The van der Waals surface area contributed by atoms with Crippen LogP contribution in [0, 0.1) is 52.3 Å². The third-order valence-corrected chi connectivity index (χ3v) is 11.0. The highest BCUT2D eigenvalue weighted by Crippen LogP contribution is 2.66. The number of aliphatic hydroxyl groups is 1. The molecule has 36 heavy (non-hydrogen) atoms. The molecule has 0 amide bonds. The van der Waals surface area contributed by atoms with E-state index in [1.54, 1.807) is 0 Å². The highest BCUT2D eigenvalue weighted by Gasteiger charge is 2.62. The molecule has 0 aromatic carbocycles. The van der Waals surface area contributed by atoms with E-state index in [1.807, 2.05) is 6.92 Å². The second-order valence-electron chi connectivity index (χ2n) is 12.7. The lowest BCUT2D eigenvalue weighted by Crippen LogP contribution is -2.55. The van der Waals surface area contributed by atoms with Gasteiger partial charge in [-0.25, -0.2) is 0 Å². The van der Waals surface area contributed by atoms with E-state index < -0.39 is 17.9 Å². The lowest BCUT2D eigenvalue weighted by molar-refractivity contribution is -0.160. The van der Waals surface area contributed by atoms with Crippen molar-refractivity contribution in [2.45, 2.75) is 105 Å². The SMILES string of the molecule is CCC(O)CC[C@@]1(C)C[C@H](CC)C(=O)C2C1CC[C@@]1(C)C2CCC1[C@H](C)CC(C(=O)OC)C(=O)OC. The minimum Gasteiger partial charge on any atom is -0.468 e. The maximum absolute atomic E-state index is 13.9. The van der Waals surface area contributed by atoms with Crippen molar-refractivity contribution in [2.24, 2.45) is 52.3 Å². The van der Waals surface area contributed by atoms with Gasteiger partial charge in [0.25, 0.3) is 0 Å². The molecular formula is C30H50O6. The van der Waals surface area contributed by atoms with E-state index in [4.69, 9.17) is 9.47 Å². The van der Waals surface area contributed by atoms with Crippen LogP contribution >= 0.6 is 0 Å². The molecule has 0 aliphatic heterocycles. The number of aliphatic hydroxyl groups excluding tert-OH is 1. The third-order valence-electron chi connectivity index (χ3n) is 11.0. The first-order chi connectivity index (χ1) is 17.0. The fourth-order valence-corrected chi connectivity index (χ4v) is 8.82. The number of esters is 2. The van der Waals surface area contributed by atoms with Crippen LogP contribution in [-0.4, -0.2) is 43.2 Å². The van der Waals surface area contributed by atoms with Crippen LogP contribution in [0.5, 0.6) is 0 Å². The van der Waals surface area contributed by atoms with Crippen molar-refractivity contribution in [3.63, 3.8) is 0 Å². The predicted octanol–water partition coefficient (Wildman–Crippen LogP) is 5.59. The van der Waals surface area contributed by atoms with Gasteiger partial charge in [0.1, 0.15) is 5.78 Å². The van der Waals surface area contributed by atoms with Gasteiger partial charge in [-0.05, 0) is 98.7 Å². The molecule has 1 N–H and O–H groups in total. The lowest BCUT2D eigenvalue weighted by atomic mass is 9.46. The number of hydrogen-bond acceptors (Lipinski definition) is 6. The van der Waals surface area contributed by atoms with Crippen molar-refractivity contribution >= 4 is 17.7 Å². The van der Waals surface area contributed by atoms with E-state index in [-0.39, 0.29) is 34.7 Å². The second-order valence-corrected chi connectivity index (χ2v) is 12.7. The molecule has 3 aliphatic carbocycles. The van der Waals surface area contributed by atoms with Gasteiger partial charge in [-0.1, -0.05) is 34.6 Å². The Morgan fingerprint density at radius 2 is 1.69 bits per heavy atom. The van der Waals surface area contributed by atoms with Crippen molar-refractivity contribution < 1.29 is 29.0 Å².